The zero-order chi connectivity index (χ0) is 17.4. The Kier molecular flexibility index (Phi) is 4.18. The number of hydrogen-bond acceptors (Lipinski definition) is 3. The van der Waals surface area contributed by atoms with Crippen molar-refractivity contribution in [1.82, 2.24) is 4.68 Å². The molecule has 2 rings (SSSR count). The average Bonchev–Trinajstić information content (AvgIpc) is 2.40. The molecule has 0 aliphatic rings. The van der Waals surface area contributed by atoms with Crippen LogP contribution in [0.15, 0.2) is 29.1 Å². The summed E-state index contributed by atoms with van der Waals surface area (Å²) in [5, 5.41) is -0.565. The van der Waals surface area contributed by atoms with Crippen LogP contribution >= 0.6 is 0 Å². The van der Waals surface area contributed by atoms with Crippen LogP contribution in [-0.2, 0) is 6.18 Å². The first-order valence-corrected chi connectivity index (χ1v) is 6.21. The summed E-state index contributed by atoms with van der Waals surface area (Å²) in [4.78, 5) is 11.5. The van der Waals surface area contributed by atoms with Crippen molar-refractivity contribution in [2.75, 3.05) is 12.4 Å². The lowest BCUT2D eigenvalue weighted by Crippen LogP contribution is -2.29. The van der Waals surface area contributed by atoms with Gasteiger partial charge in [0.2, 0.25) is 0 Å². The van der Waals surface area contributed by atoms with Crippen molar-refractivity contribution in [2.24, 2.45) is 0 Å². The fourth-order valence-corrected chi connectivity index (χ4v) is 2.00. The minimum Gasteiger partial charge on any atom is -0.493 e. The summed E-state index contributed by atoms with van der Waals surface area (Å²) in [5.74, 6) is 4.97. The van der Waals surface area contributed by atoms with Crippen LogP contribution in [0.4, 0.5) is 26.3 Å². The molecule has 4 nitrogen and oxygen atoms in total. The van der Waals surface area contributed by atoms with Crippen molar-refractivity contribution >= 4 is 10.9 Å². The Bertz CT molecular complexity index is 779. The fourth-order valence-electron chi connectivity index (χ4n) is 2.00. The van der Waals surface area contributed by atoms with Crippen LogP contribution in [0.3, 0.4) is 0 Å². The lowest BCUT2D eigenvalue weighted by atomic mass is 10.1. The Hall–Kier alpha value is -2.39. The smallest absolute Gasteiger partial charge is 0.417 e. The molecule has 23 heavy (non-hydrogen) atoms. The zero-order valence-electron chi connectivity index (χ0n) is 11.3. The quantitative estimate of drug-likeness (QED) is 0.690. The summed E-state index contributed by atoms with van der Waals surface area (Å²) in [5.41, 5.74) is -2.71. The molecule has 0 saturated carbocycles. The molecule has 0 atom stereocenters. The number of nitrogens with two attached hydrogens (primary N) is 1. The third kappa shape index (κ3) is 3.69. The normalized spacial score (nSPS) is 12.6. The van der Waals surface area contributed by atoms with Crippen molar-refractivity contribution in [3.8, 4) is 5.75 Å². The number of aromatic nitrogens is 1. The number of rotatable bonds is 3. The minimum atomic E-state index is -4.89. The maximum atomic E-state index is 13.1. The monoisotopic (exact) mass is 340 g/mol. The van der Waals surface area contributed by atoms with Gasteiger partial charge in [-0.25, -0.2) is 4.68 Å². The highest BCUT2D eigenvalue weighted by Crippen LogP contribution is 2.38. The van der Waals surface area contributed by atoms with E-state index in [4.69, 9.17) is 10.6 Å². The summed E-state index contributed by atoms with van der Waals surface area (Å²) in [6, 6.07) is 3.73. The minimum absolute atomic E-state index is 0.277. The Morgan fingerprint density at radius 1 is 1.13 bits per heavy atom. The van der Waals surface area contributed by atoms with E-state index in [1.54, 1.807) is 0 Å². The van der Waals surface area contributed by atoms with Crippen LogP contribution in [0.25, 0.3) is 10.9 Å². The molecule has 0 amide bonds. The first-order valence-electron chi connectivity index (χ1n) is 6.21. The summed E-state index contributed by atoms with van der Waals surface area (Å²) in [6.07, 6.45) is -10.7. The molecule has 2 aromatic rings. The van der Waals surface area contributed by atoms with E-state index in [1.807, 2.05) is 0 Å². The molecule has 0 unspecified atom stereocenters. The third-order valence-electron chi connectivity index (χ3n) is 2.99. The van der Waals surface area contributed by atoms with E-state index in [9.17, 15) is 31.1 Å². The molecule has 0 aliphatic carbocycles. The van der Waals surface area contributed by atoms with Gasteiger partial charge in [-0.2, -0.15) is 26.3 Å². The molecule has 0 spiro atoms. The van der Waals surface area contributed by atoms with E-state index in [-0.39, 0.29) is 11.6 Å². The van der Waals surface area contributed by atoms with Gasteiger partial charge < -0.3 is 10.6 Å². The topological polar surface area (TPSA) is 57.2 Å². The third-order valence-corrected chi connectivity index (χ3v) is 2.99. The number of benzene rings is 1. The molecular formula is C13H10F6N2O2. The Balaban J connectivity index is 2.58. The number of pyridine rings is 1. The molecule has 0 bridgehead atoms. The van der Waals surface area contributed by atoms with Gasteiger partial charge in [0.15, 0.2) is 0 Å². The van der Waals surface area contributed by atoms with Crippen molar-refractivity contribution in [3.05, 3.63) is 40.2 Å². The van der Waals surface area contributed by atoms with E-state index >= 15 is 0 Å². The van der Waals surface area contributed by atoms with Crippen LogP contribution in [-0.4, -0.2) is 17.5 Å². The second-order valence-electron chi connectivity index (χ2n) is 4.63. The summed E-state index contributed by atoms with van der Waals surface area (Å²) in [7, 11) is 0. The molecule has 0 fully saturated rings. The maximum Gasteiger partial charge on any atom is 0.417 e. The molecule has 0 aliphatic heterocycles. The van der Waals surface area contributed by atoms with Gasteiger partial charge >= 0.3 is 12.4 Å². The second kappa shape index (κ2) is 5.67. The van der Waals surface area contributed by atoms with Gasteiger partial charge in [-0.15, -0.1) is 0 Å². The van der Waals surface area contributed by atoms with Crippen LogP contribution in [0.1, 0.15) is 12.0 Å². The van der Waals surface area contributed by atoms with Crippen molar-refractivity contribution < 1.29 is 31.1 Å². The van der Waals surface area contributed by atoms with E-state index in [0.29, 0.717) is 4.68 Å². The number of halogens is 6. The fraction of sp³-hybridized carbons (Fsp3) is 0.308. The molecule has 126 valence electrons. The van der Waals surface area contributed by atoms with Gasteiger partial charge in [0.25, 0.3) is 5.56 Å². The van der Waals surface area contributed by atoms with Crippen LogP contribution in [0.5, 0.6) is 5.75 Å². The highest BCUT2D eigenvalue weighted by molar-refractivity contribution is 5.89. The number of nitrogens with zero attached hydrogens (tertiary/aromatic N) is 1. The molecule has 0 saturated heterocycles. The molecule has 10 heteroatoms. The van der Waals surface area contributed by atoms with Crippen LogP contribution in [0.2, 0.25) is 0 Å². The van der Waals surface area contributed by atoms with E-state index in [1.165, 1.54) is 6.07 Å². The molecule has 1 aromatic heterocycles. The highest BCUT2D eigenvalue weighted by atomic mass is 19.4. The number of ether oxygens (including phenoxy) is 1. The van der Waals surface area contributed by atoms with Gasteiger partial charge in [0.05, 0.1) is 29.5 Å². The number of fused-ring (bicyclic) bond motifs is 1. The van der Waals surface area contributed by atoms with Gasteiger partial charge in [-0.1, -0.05) is 6.07 Å². The van der Waals surface area contributed by atoms with Gasteiger partial charge in [0, 0.05) is 6.07 Å². The standard InChI is InChI=1S/C13H10F6N2O2/c14-12(15,16)4-5-23-9-3-1-2-8-11(9)7(13(17,18)19)6-10(22)21(8)20/h1-3,6H,4-5,20H2. The number of hydrogen-bond donors (Lipinski definition) is 1. The Morgan fingerprint density at radius 3 is 2.35 bits per heavy atom. The van der Waals surface area contributed by atoms with E-state index in [2.05, 4.69) is 0 Å². The first-order chi connectivity index (χ1) is 10.5. The molecule has 1 heterocycles. The first kappa shape index (κ1) is 17.0. The average molecular weight is 340 g/mol. The van der Waals surface area contributed by atoms with E-state index in [0.717, 1.165) is 12.1 Å². The van der Waals surface area contributed by atoms with Crippen molar-refractivity contribution in [3.63, 3.8) is 0 Å². The van der Waals surface area contributed by atoms with Crippen LogP contribution in [0, 0.1) is 0 Å². The summed E-state index contributed by atoms with van der Waals surface area (Å²) >= 11 is 0. The zero-order valence-corrected chi connectivity index (χ0v) is 11.3. The summed E-state index contributed by atoms with van der Waals surface area (Å²) in [6.45, 7) is -0.858. The van der Waals surface area contributed by atoms with Crippen LogP contribution < -0.4 is 16.1 Å². The SMILES string of the molecule is Nn1c(=O)cc(C(F)(F)F)c2c(OCCC(F)(F)F)cccc21. The Morgan fingerprint density at radius 2 is 1.78 bits per heavy atom. The van der Waals surface area contributed by atoms with Gasteiger partial charge in [-0.05, 0) is 12.1 Å². The van der Waals surface area contributed by atoms with Gasteiger partial charge in [0.1, 0.15) is 5.75 Å². The number of nitrogen functional groups attached to an aromatic ring is 1. The van der Waals surface area contributed by atoms with Gasteiger partial charge in [-0.3, -0.25) is 4.79 Å². The lowest BCUT2D eigenvalue weighted by molar-refractivity contribution is -0.140. The molecular weight excluding hydrogens is 330 g/mol. The second-order valence-corrected chi connectivity index (χ2v) is 4.63. The molecule has 1 aromatic carbocycles. The van der Waals surface area contributed by atoms with E-state index < -0.39 is 47.6 Å². The van der Waals surface area contributed by atoms with Crippen molar-refractivity contribution in [1.29, 1.82) is 0 Å². The predicted molar refractivity (Wildman–Crippen MR) is 69.5 cm³/mol. The Labute approximate surface area is 125 Å². The lowest BCUT2D eigenvalue weighted by Gasteiger charge is -2.16. The summed E-state index contributed by atoms with van der Waals surface area (Å²) < 4.78 is 81.0. The molecule has 0 radical (unpaired) electrons. The number of alkyl halides is 6. The highest BCUT2D eigenvalue weighted by Gasteiger charge is 2.35. The largest absolute Gasteiger partial charge is 0.493 e. The van der Waals surface area contributed by atoms with Crippen molar-refractivity contribution in [2.45, 2.75) is 18.8 Å². The maximum absolute atomic E-state index is 13.1. The molecule has 2 N–H and O–H groups in total. The predicted octanol–water partition coefficient (Wildman–Crippen LogP) is 3.07.